The number of anilines is 1. The Balaban J connectivity index is 1.55. The molecule has 0 atom stereocenters. The van der Waals surface area contributed by atoms with Crippen molar-refractivity contribution in [2.45, 2.75) is 33.2 Å². The summed E-state index contributed by atoms with van der Waals surface area (Å²) in [7, 11) is 0. The van der Waals surface area contributed by atoms with Gasteiger partial charge in [-0.1, -0.05) is 44.2 Å². The third-order valence-electron chi connectivity index (χ3n) is 4.55. The van der Waals surface area contributed by atoms with Crippen molar-refractivity contribution in [2.75, 3.05) is 31.1 Å². The summed E-state index contributed by atoms with van der Waals surface area (Å²) in [6.45, 7) is 10.7. The van der Waals surface area contributed by atoms with Crippen molar-refractivity contribution >= 4 is 23.1 Å². The van der Waals surface area contributed by atoms with Gasteiger partial charge >= 0.3 is 0 Å². The van der Waals surface area contributed by atoms with Crippen LogP contribution in [-0.2, 0) is 6.54 Å². The minimum Gasteiger partial charge on any atom is -0.358 e. The quantitative estimate of drug-likeness (QED) is 0.836. The van der Waals surface area contributed by atoms with E-state index in [1.54, 1.807) is 0 Å². The number of rotatable bonds is 4. The number of aromatic nitrogens is 2. The molecule has 3 rings (SSSR count). The van der Waals surface area contributed by atoms with E-state index < -0.39 is 0 Å². The highest BCUT2D eigenvalue weighted by Crippen LogP contribution is 2.18. The Kier molecular flexibility index (Phi) is 6.04. The summed E-state index contributed by atoms with van der Waals surface area (Å²) in [6, 6.07) is 12.4. The van der Waals surface area contributed by atoms with Crippen LogP contribution in [0.3, 0.4) is 0 Å². The lowest BCUT2D eigenvalue weighted by atomic mass is 10.2. The van der Waals surface area contributed by atoms with Crippen molar-refractivity contribution in [3.63, 3.8) is 0 Å². The summed E-state index contributed by atoms with van der Waals surface area (Å²) in [4.78, 5) is 13.9. The van der Waals surface area contributed by atoms with E-state index >= 15 is 0 Å². The normalized spacial score (nSPS) is 14.6. The van der Waals surface area contributed by atoms with E-state index in [2.05, 4.69) is 52.1 Å². The fourth-order valence-corrected chi connectivity index (χ4v) is 3.27. The number of benzene rings is 1. The van der Waals surface area contributed by atoms with Gasteiger partial charge in [-0.05, 0) is 24.7 Å². The number of hydrogen-bond acceptors (Lipinski definition) is 4. The van der Waals surface area contributed by atoms with E-state index in [0.717, 1.165) is 55.2 Å². The minimum absolute atomic E-state index is 0.338. The zero-order chi connectivity index (χ0) is 18.5. The fraction of sp³-hybridized carbons (Fsp3) is 0.450. The molecule has 1 aliphatic rings. The van der Waals surface area contributed by atoms with Crippen molar-refractivity contribution in [1.29, 1.82) is 0 Å². The molecule has 26 heavy (non-hydrogen) atoms. The maximum atomic E-state index is 5.57. The van der Waals surface area contributed by atoms with Crippen molar-refractivity contribution in [1.82, 2.24) is 20.2 Å². The van der Waals surface area contributed by atoms with E-state index in [-0.39, 0.29) is 0 Å². The Hall–Kier alpha value is -2.21. The van der Waals surface area contributed by atoms with E-state index in [0.29, 0.717) is 5.92 Å². The van der Waals surface area contributed by atoms with Gasteiger partial charge in [-0.2, -0.15) is 0 Å². The predicted octanol–water partition coefficient (Wildman–Crippen LogP) is 3.11. The molecule has 0 saturated carbocycles. The second kappa shape index (κ2) is 8.45. The van der Waals surface area contributed by atoms with E-state index in [1.165, 1.54) is 5.56 Å². The Bertz CT molecular complexity index is 739. The molecular formula is C20H27N5S. The van der Waals surface area contributed by atoms with Crippen LogP contribution in [0.2, 0.25) is 0 Å². The molecule has 138 valence electrons. The van der Waals surface area contributed by atoms with Crippen LogP contribution in [0.25, 0.3) is 0 Å². The van der Waals surface area contributed by atoms with Gasteiger partial charge in [-0.25, -0.2) is 9.97 Å². The molecule has 5 nitrogen and oxygen atoms in total. The van der Waals surface area contributed by atoms with Crippen molar-refractivity contribution < 1.29 is 0 Å². The smallest absolute Gasteiger partial charge is 0.169 e. The first-order chi connectivity index (χ1) is 12.5. The first kappa shape index (κ1) is 18.6. The first-order valence-electron chi connectivity index (χ1n) is 9.20. The summed E-state index contributed by atoms with van der Waals surface area (Å²) in [5, 5.41) is 4.20. The van der Waals surface area contributed by atoms with Crippen LogP contribution in [0, 0.1) is 6.92 Å². The standard InChI is InChI=1S/C20H27N5S/c1-15(2)19-22-16(3)13-18(23-19)24-9-11-25(12-10-24)20(26)21-14-17-7-5-4-6-8-17/h4-8,13,15H,9-12,14H2,1-3H3,(H,21,26). The van der Waals surface area contributed by atoms with Gasteiger partial charge in [0.05, 0.1) is 0 Å². The Morgan fingerprint density at radius 1 is 1.12 bits per heavy atom. The van der Waals surface area contributed by atoms with Crippen molar-refractivity contribution in [3.8, 4) is 0 Å². The lowest BCUT2D eigenvalue weighted by Crippen LogP contribution is -2.51. The Morgan fingerprint density at radius 2 is 1.81 bits per heavy atom. The lowest BCUT2D eigenvalue weighted by molar-refractivity contribution is 0.378. The fourth-order valence-electron chi connectivity index (χ4n) is 3.02. The van der Waals surface area contributed by atoms with Crippen molar-refractivity contribution in [2.24, 2.45) is 0 Å². The molecule has 1 saturated heterocycles. The lowest BCUT2D eigenvalue weighted by Gasteiger charge is -2.37. The summed E-state index contributed by atoms with van der Waals surface area (Å²) in [5.74, 6) is 2.29. The highest BCUT2D eigenvalue weighted by molar-refractivity contribution is 7.80. The molecule has 1 aliphatic heterocycles. The molecule has 0 aliphatic carbocycles. The second-order valence-electron chi connectivity index (χ2n) is 7.00. The predicted molar refractivity (Wildman–Crippen MR) is 111 cm³/mol. The van der Waals surface area contributed by atoms with Gasteiger partial charge in [-0.15, -0.1) is 0 Å². The van der Waals surface area contributed by atoms with E-state index in [1.807, 2.05) is 25.1 Å². The molecule has 6 heteroatoms. The Morgan fingerprint density at radius 3 is 2.46 bits per heavy atom. The van der Waals surface area contributed by atoms with Gasteiger partial charge in [0.15, 0.2) is 5.11 Å². The number of nitrogens with zero attached hydrogens (tertiary/aromatic N) is 4. The van der Waals surface area contributed by atoms with Gasteiger partial charge in [0, 0.05) is 50.4 Å². The summed E-state index contributed by atoms with van der Waals surface area (Å²) in [5.41, 5.74) is 2.27. The van der Waals surface area contributed by atoms with Crippen LogP contribution >= 0.6 is 12.2 Å². The van der Waals surface area contributed by atoms with E-state index in [9.17, 15) is 0 Å². The average Bonchev–Trinajstić information content (AvgIpc) is 2.66. The minimum atomic E-state index is 0.338. The molecule has 0 radical (unpaired) electrons. The zero-order valence-electron chi connectivity index (χ0n) is 15.8. The molecule has 1 aromatic carbocycles. The topological polar surface area (TPSA) is 44.3 Å². The molecule has 1 aromatic heterocycles. The van der Waals surface area contributed by atoms with Crippen LogP contribution in [0.1, 0.15) is 36.8 Å². The van der Waals surface area contributed by atoms with Gasteiger partial charge < -0.3 is 15.1 Å². The van der Waals surface area contributed by atoms with Gasteiger partial charge in [-0.3, -0.25) is 0 Å². The number of nitrogens with one attached hydrogen (secondary N) is 1. The van der Waals surface area contributed by atoms with E-state index in [4.69, 9.17) is 17.2 Å². The molecule has 0 amide bonds. The maximum absolute atomic E-state index is 5.57. The average molecular weight is 370 g/mol. The van der Waals surface area contributed by atoms with Crippen LogP contribution in [0.5, 0.6) is 0 Å². The SMILES string of the molecule is Cc1cc(N2CCN(C(=S)NCc3ccccc3)CC2)nc(C(C)C)n1. The molecular weight excluding hydrogens is 342 g/mol. The number of thiocarbonyl (C=S) groups is 1. The monoisotopic (exact) mass is 369 g/mol. The molecule has 1 N–H and O–H groups in total. The third kappa shape index (κ3) is 4.69. The van der Waals surface area contributed by atoms with Crippen LogP contribution in [0.4, 0.5) is 5.82 Å². The van der Waals surface area contributed by atoms with Gasteiger partial charge in [0.25, 0.3) is 0 Å². The molecule has 2 heterocycles. The second-order valence-corrected chi connectivity index (χ2v) is 7.39. The molecule has 0 bridgehead atoms. The number of aryl methyl sites for hydroxylation is 1. The molecule has 0 spiro atoms. The van der Waals surface area contributed by atoms with Crippen LogP contribution < -0.4 is 10.2 Å². The highest BCUT2D eigenvalue weighted by Gasteiger charge is 2.21. The summed E-state index contributed by atoms with van der Waals surface area (Å²) < 4.78 is 0. The summed E-state index contributed by atoms with van der Waals surface area (Å²) >= 11 is 5.57. The van der Waals surface area contributed by atoms with Crippen LogP contribution in [-0.4, -0.2) is 46.2 Å². The largest absolute Gasteiger partial charge is 0.358 e. The maximum Gasteiger partial charge on any atom is 0.169 e. The highest BCUT2D eigenvalue weighted by atomic mass is 32.1. The van der Waals surface area contributed by atoms with Gasteiger partial charge in [0.2, 0.25) is 0 Å². The zero-order valence-corrected chi connectivity index (χ0v) is 16.6. The molecule has 0 unspecified atom stereocenters. The van der Waals surface area contributed by atoms with Gasteiger partial charge in [0.1, 0.15) is 11.6 Å². The first-order valence-corrected chi connectivity index (χ1v) is 9.61. The molecule has 2 aromatic rings. The third-order valence-corrected chi connectivity index (χ3v) is 4.95. The molecule has 1 fully saturated rings. The Labute approximate surface area is 161 Å². The number of piperazine rings is 1. The number of hydrogen-bond donors (Lipinski definition) is 1. The summed E-state index contributed by atoms with van der Waals surface area (Å²) in [6.07, 6.45) is 0. The van der Waals surface area contributed by atoms with Crippen molar-refractivity contribution in [3.05, 3.63) is 53.5 Å². The van der Waals surface area contributed by atoms with Crippen LogP contribution in [0.15, 0.2) is 36.4 Å².